The number of aromatic nitrogens is 2. The summed E-state index contributed by atoms with van der Waals surface area (Å²) in [5.74, 6) is 1.39. The number of hydrogen-bond donors (Lipinski definition) is 0. The number of nitrogens with zero attached hydrogens (tertiary/aromatic N) is 2. The molecule has 2 aromatic carbocycles. The molecule has 3 nitrogen and oxygen atoms in total. The maximum atomic E-state index is 13.0. The second kappa shape index (κ2) is 8.90. The number of fused-ring (bicyclic) bond motifs is 3. The van der Waals surface area contributed by atoms with Gasteiger partial charge in [-0.3, -0.25) is 14.3 Å². The lowest BCUT2D eigenvalue weighted by molar-refractivity contribution is 0.449. The van der Waals surface area contributed by atoms with Crippen LogP contribution in [-0.4, -0.2) is 9.55 Å². The van der Waals surface area contributed by atoms with Crippen LogP contribution in [0.2, 0.25) is 0 Å². The Balaban J connectivity index is 1.69. The van der Waals surface area contributed by atoms with E-state index in [0.717, 1.165) is 33.4 Å². The molecule has 2 unspecified atom stereocenters. The van der Waals surface area contributed by atoms with Gasteiger partial charge in [-0.05, 0) is 67.5 Å². The average molecular weight is 425 g/mol. The third-order valence-corrected chi connectivity index (χ3v) is 7.26. The van der Waals surface area contributed by atoms with Gasteiger partial charge in [0, 0.05) is 28.7 Å². The van der Waals surface area contributed by atoms with Gasteiger partial charge in [0.05, 0.1) is 11.0 Å². The number of benzene rings is 2. The van der Waals surface area contributed by atoms with Crippen LogP contribution in [0, 0.1) is 12.8 Å². The van der Waals surface area contributed by atoms with E-state index < -0.39 is 0 Å². The van der Waals surface area contributed by atoms with Crippen LogP contribution in [0.5, 0.6) is 0 Å². The average Bonchev–Trinajstić information content (AvgIpc) is 2.91. The van der Waals surface area contributed by atoms with Gasteiger partial charge >= 0.3 is 0 Å². The molecule has 4 aromatic rings. The fraction of sp³-hybridized carbons (Fsp3) is 0.379. The minimum absolute atomic E-state index is 0.00415. The van der Waals surface area contributed by atoms with E-state index >= 15 is 0 Å². The molecule has 5 rings (SSSR count). The van der Waals surface area contributed by atoms with Crippen molar-refractivity contribution in [1.29, 1.82) is 0 Å². The lowest BCUT2D eigenvalue weighted by Crippen LogP contribution is -2.17. The fourth-order valence-corrected chi connectivity index (χ4v) is 5.30. The highest BCUT2D eigenvalue weighted by Gasteiger charge is 2.18. The predicted octanol–water partition coefficient (Wildman–Crippen LogP) is 7.31. The van der Waals surface area contributed by atoms with Crippen molar-refractivity contribution in [2.75, 3.05) is 0 Å². The van der Waals surface area contributed by atoms with Gasteiger partial charge in [0.15, 0.2) is 0 Å². The Labute approximate surface area is 190 Å². The molecule has 2 aromatic heterocycles. The van der Waals surface area contributed by atoms with E-state index in [9.17, 15) is 4.79 Å². The Morgan fingerprint density at radius 3 is 2.53 bits per heavy atom. The molecular formula is C29H32N2O. The summed E-state index contributed by atoms with van der Waals surface area (Å²) in [5, 5.41) is 2.07. The van der Waals surface area contributed by atoms with Crippen LogP contribution in [0.4, 0.5) is 0 Å². The molecular weight excluding hydrogens is 392 g/mol. The van der Waals surface area contributed by atoms with E-state index in [1.807, 2.05) is 29.0 Å². The molecule has 1 fully saturated rings. The standard InChI is InChI=1S/C29H32N2O/c1-20-6-4-3-5-7-22(11-8-20)23-12-16-27-26(18-23)29-24(19-30-27)13-17-28(32)31(29)25-14-9-21(2)10-15-25/h9-10,12-20,22H,3-8,11H2,1-2H3. The van der Waals surface area contributed by atoms with Gasteiger partial charge in [0.2, 0.25) is 0 Å². The van der Waals surface area contributed by atoms with Crippen LogP contribution in [0.3, 0.4) is 0 Å². The van der Waals surface area contributed by atoms with Crippen molar-refractivity contribution >= 4 is 21.8 Å². The first kappa shape index (κ1) is 20.9. The molecule has 3 heteroatoms. The number of hydrogen-bond acceptors (Lipinski definition) is 2. The molecule has 0 saturated heterocycles. The van der Waals surface area contributed by atoms with Crippen LogP contribution in [-0.2, 0) is 0 Å². The van der Waals surface area contributed by atoms with E-state index in [2.05, 4.69) is 44.2 Å². The molecule has 32 heavy (non-hydrogen) atoms. The first-order chi connectivity index (χ1) is 15.6. The summed E-state index contributed by atoms with van der Waals surface area (Å²) in [4.78, 5) is 17.8. The van der Waals surface area contributed by atoms with Gasteiger partial charge in [0.25, 0.3) is 5.56 Å². The summed E-state index contributed by atoms with van der Waals surface area (Å²) in [7, 11) is 0. The number of aryl methyl sites for hydroxylation is 1. The van der Waals surface area contributed by atoms with Crippen molar-refractivity contribution < 1.29 is 0 Å². The lowest BCUT2D eigenvalue weighted by Gasteiger charge is -2.19. The highest BCUT2D eigenvalue weighted by Crippen LogP contribution is 2.35. The number of pyridine rings is 2. The molecule has 0 radical (unpaired) electrons. The first-order valence-corrected chi connectivity index (χ1v) is 12.1. The molecule has 0 spiro atoms. The molecule has 0 bridgehead atoms. The summed E-state index contributed by atoms with van der Waals surface area (Å²) in [6.07, 6.45) is 11.1. The molecule has 1 saturated carbocycles. The third-order valence-electron chi connectivity index (χ3n) is 7.26. The van der Waals surface area contributed by atoms with Crippen LogP contribution < -0.4 is 5.56 Å². The minimum Gasteiger partial charge on any atom is -0.276 e. The SMILES string of the molecule is Cc1ccc(-n2c(=O)ccc3cnc4ccc(C5CCCCCC(C)CC5)cc4c32)cc1. The van der Waals surface area contributed by atoms with Crippen molar-refractivity contribution in [2.24, 2.45) is 5.92 Å². The van der Waals surface area contributed by atoms with E-state index in [-0.39, 0.29) is 5.56 Å². The Kier molecular flexibility index (Phi) is 5.82. The van der Waals surface area contributed by atoms with Crippen molar-refractivity contribution in [2.45, 2.75) is 64.7 Å². The Morgan fingerprint density at radius 2 is 1.69 bits per heavy atom. The van der Waals surface area contributed by atoms with Gasteiger partial charge in [-0.2, -0.15) is 0 Å². The van der Waals surface area contributed by atoms with Crippen molar-refractivity contribution in [3.63, 3.8) is 0 Å². The smallest absolute Gasteiger partial charge is 0.255 e. The zero-order valence-corrected chi connectivity index (χ0v) is 19.2. The topological polar surface area (TPSA) is 34.9 Å². The van der Waals surface area contributed by atoms with Crippen LogP contribution in [0.1, 0.15) is 68.9 Å². The Morgan fingerprint density at radius 1 is 0.875 bits per heavy atom. The van der Waals surface area contributed by atoms with Crippen LogP contribution >= 0.6 is 0 Å². The Hall–Kier alpha value is -2.94. The highest BCUT2D eigenvalue weighted by atomic mass is 16.1. The van der Waals surface area contributed by atoms with Crippen molar-refractivity contribution in [3.05, 3.63) is 82.3 Å². The summed E-state index contributed by atoms with van der Waals surface area (Å²) >= 11 is 0. The summed E-state index contributed by atoms with van der Waals surface area (Å²) < 4.78 is 1.85. The van der Waals surface area contributed by atoms with Crippen LogP contribution in [0.15, 0.2) is 65.6 Å². The molecule has 0 N–H and O–H groups in total. The lowest BCUT2D eigenvalue weighted by atomic mass is 9.87. The van der Waals surface area contributed by atoms with Gasteiger partial charge in [-0.15, -0.1) is 0 Å². The maximum absolute atomic E-state index is 13.0. The zero-order valence-electron chi connectivity index (χ0n) is 19.2. The summed E-state index contributed by atoms with van der Waals surface area (Å²) in [6, 6.07) is 18.5. The van der Waals surface area contributed by atoms with Crippen molar-refractivity contribution in [1.82, 2.24) is 9.55 Å². The molecule has 2 heterocycles. The minimum atomic E-state index is -0.00415. The predicted molar refractivity (Wildman–Crippen MR) is 134 cm³/mol. The molecule has 2 atom stereocenters. The molecule has 1 aliphatic rings. The number of rotatable bonds is 2. The molecule has 164 valence electrons. The molecule has 0 amide bonds. The van der Waals surface area contributed by atoms with E-state index in [4.69, 9.17) is 4.98 Å². The van der Waals surface area contributed by atoms with Crippen molar-refractivity contribution in [3.8, 4) is 5.69 Å². The normalized spacial score (nSPS) is 20.1. The largest absolute Gasteiger partial charge is 0.276 e. The van der Waals surface area contributed by atoms with E-state index in [1.165, 1.54) is 56.1 Å². The van der Waals surface area contributed by atoms with Crippen LogP contribution in [0.25, 0.3) is 27.5 Å². The van der Waals surface area contributed by atoms with Gasteiger partial charge < -0.3 is 0 Å². The van der Waals surface area contributed by atoms with Gasteiger partial charge in [-0.1, -0.05) is 62.8 Å². The van der Waals surface area contributed by atoms with E-state index in [0.29, 0.717) is 5.92 Å². The fourth-order valence-electron chi connectivity index (χ4n) is 5.30. The molecule has 0 aliphatic heterocycles. The summed E-state index contributed by atoms with van der Waals surface area (Å²) in [6.45, 7) is 4.47. The third kappa shape index (κ3) is 4.09. The zero-order chi connectivity index (χ0) is 22.1. The maximum Gasteiger partial charge on any atom is 0.255 e. The highest BCUT2D eigenvalue weighted by molar-refractivity contribution is 6.04. The van der Waals surface area contributed by atoms with E-state index in [1.54, 1.807) is 6.07 Å². The second-order valence-electron chi connectivity index (χ2n) is 9.70. The van der Waals surface area contributed by atoms with Gasteiger partial charge in [0.1, 0.15) is 0 Å². The summed E-state index contributed by atoms with van der Waals surface area (Å²) in [5.41, 5.74) is 5.39. The van der Waals surface area contributed by atoms with Gasteiger partial charge in [-0.25, -0.2) is 0 Å². The quantitative estimate of drug-likeness (QED) is 0.316. The Bertz CT molecular complexity index is 1300. The monoisotopic (exact) mass is 424 g/mol. The second-order valence-corrected chi connectivity index (χ2v) is 9.70. The molecule has 1 aliphatic carbocycles. The first-order valence-electron chi connectivity index (χ1n) is 12.1.